The van der Waals surface area contributed by atoms with Gasteiger partial charge in [-0.3, -0.25) is 14.5 Å². The molecule has 2 amide bonds. The summed E-state index contributed by atoms with van der Waals surface area (Å²) in [6.45, 7) is 6.28. The number of anilines is 1. The van der Waals surface area contributed by atoms with Gasteiger partial charge >= 0.3 is 0 Å². The fraction of sp³-hybridized carbons (Fsp3) is 0.185. The van der Waals surface area contributed by atoms with E-state index in [0.29, 0.717) is 16.9 Å². The second kappa shape index (κ2) is 8.71. The van der Waals surface area contributed by atoms with Crippen molar-refractivity contribution < 1.29 is 14.3 Å². The van der Waals surface area contributed by atoms with E-state index in [4.69, 9.17) is 4.74 Å². The molecule has 1 aliphatic heterocycles. The molecule has 1 aliphatic rings. The van der Waals surface area contributed by atoms with Crippen molar-refractivity contribution in [2.45, 2.75) is 27.3 Å². The Balaban J connectivity index is 1.73. The number of carbonyl (C=O) groups is 2. The summed E-state index contributed by atoms with van der Waals surface area (Å²) in [5.41, 5.74) is 6.39. The van der Waals surface area contributed by atoms with Crippen LogP contribution in [0.1, 0.15) is 27.8 Å². The minimum absolute atomic E-state index is 0.218. The first-order valence-corrected chi connectivity index (χ1v) is 10.5. The molecular formula is C27H26N2O3. The van der Waals surface area contributed by atoms with Gasteiger partial charge in [-0.25, -0.2) is 0 Å². The average Bonchev–Trinajstić information content (AvgIpc) is 3.02. The van der Waals surface area contributed by atoms with Crippen LogP contribution >= 0.6 is 0 Å². The number of ether oxygens (including phenoxy) is 1. The number of amides is 2. The molecule has 5 heteroatoms. The second-order valence-corrected chi connectivity index (χ2v) is 8.08. The number of methoxy groups -OCH3 is 1. The molecule has 0 unspecified atom stereocenters. The molecule has 1 N–H and O–H groups in total. The SMILES string of the molecule is COc1ccc(C2=C(Nc3ccc(C)c(C)c3)C(=O)N(Cc3ccc(C)cc3)C2=O)cc1. The topological polar surface area (TPSA) is 58.6 Å². The molecule has 0 fully saturated rings. The van der Waals surface area contributed by atoms with Crippen LogP contribution in [-0.4, -0.2) is 23.8 Å². The van der Waals surface area contributed by atoms with Crippen LogP contribution < -0.4 is 10.1 Å². The van der Waals surface area contributed by atoms with Gasteiger partial charge < -0.3 is 10.1 Å². The zero-order valence-electron chi connectivity index (χ0n) is 18.7. The summed E-state index contributed by atoms with van der Waals surface area (Å²) >= 11 is 0. The molecule has 0 aromatic heterocycles. The zero-order valence-corrected chi connectivity index (χ0v) is 18.7. The highest BCUT2D eigenvalue weighted by Crippen LogP contribution is 2.32. The van der Waals surface area contributed by atoms with Gasteiger partial charge in [-0.1, -0.05) is 48.0 Å². The molecule has 32 heavy (non-hydrogen) atoms. The Morgan fingerprint density at radius 3 is 2.12 bits per heavy atom. The van der Waals surface area contributed by atoms with Crippen LogP contribution in [0.25, 0.3) is 5.57 Å². The number of aryl methyl sites for hydroxylation is 3. The quantitative estimate of drug-likeness (QED) is 0.563. The number of benzene rings is 3. The maximum absolute atomic E-state index is 13.4. The first-order valence-electron chi connectivity index (χ1n) is 10.5. The summed E-state index contributed by atoms with van der Waals surface area (Å²) in [5, 5.41) is 3.23. The predicted molar refractivity (Wildman–Crippen MR) is 126 cm³/mol. The van der Waals surface area contributed by atoms with E-state index in [9.17, 15) is 9.59 Å². The summed E-state index contributed by atoms with van der Waals surface area (Å²) in [6, 6.07) is 20.9. The molecule has 0 bridgehead atoms. The van der Waals surface area contributed by atoms with E-state index in [1.165, 1.54) is 4.90 Å². The van der Waals surface area contributed by atoms with E-state index in [-0.39, 0.29) is 24.1 Å². The summed E-state index contributed by atoms with van der Waals surface area (Å²) in [4.78, 5) is 28.1. The van der Waals surface area contributed by atoms with Crippen LogP contribution in [0.5, 0.6) is 5.75 Å². The van der Waals surface area contributed by atoms with E-state index in [2.05, 4.69) is 5.32 Å². The van der Waals surface area contributed by atoms with Crippen LogP contribution in [0.2, 0.25) is 0 Å². The summed E-state index contributed by atoms with van der Waals surface area (Å²) < 4.78 is 5.24. The van der Waals surface area contributed by atoms with Crippen molar-refractivity contribution in [1.29, 1.82) is 0 Å². The van der Waals surface area contributed by atoms with Crippen molar-refractivity contribution in [3.63, 3.8) is 0 Å². The molecule has 0 spiro atoms. The zero-order chi connectivity index (χ0) is 22.8. The highest BCUT2D eigenvalue weighted by molar-refractivity contribution is 6.36. The maximum Gasteiger partial charge on any atom is 0.278 e. The molecule has 0 atom stereocenters. The third-order valence-corrected chi connectivity index (χ3v) is 5.78. The third kappa shape index (κ3) is 4.14. The van der Waals surface area contributed by atoms with E-state index in [1.54, 1.807) is 31.4 Å². The van der Waals surface area contributed by atoms with Crippen LogP contribution in [-0.2, 0) is 16.1 Å². The van der Waals surface area contributed by atoms with Crippen molar-refractivity contribution in [3.8, 4) is 5.75 Å². The molecule has 0 saturated carbocycles. The minimum atomic E-state index is -0.334. The van der Waals surface area contributed by atoms with Crippen molar-refractivity contribution in [3.05, 3.63) is 100 Å². The van der Waals surface area contributed by atoms with Gasteiger partial charge in [0.2, 0.25) is 0 Å². The Kier molecular flexibility index (Phi) is 5.82. The van der Waals surface area contributed by atoms with Gasteiger partial charge in [0.05, 0.1) is 19.2 Å². The van der Waals surface area contributed by atoms with Gasteiger partial charge in [0.15, 0.2) is 0 Å². The first-order chi connectivity index (χ1) is 15.4. The number of hydrogen-bond acceptors (Lipinski definition) is 4. The molecule has 0 saturated heterocycles. The van der Waals surface area contributed by atoms with Gasteiger partial charge in [-0.2, -0.15) is 0 Å². The van der Waals surface area contributed by atoms with Gasteiger partial charge in [0, 0.05) is 5.69 Å². The summed E-state index contributed by atoms with van der Waals surface area (Å²) in [5.74, 6) is 0.0398. The van der Waals surface area contributed by atoms with Crippen molar-refractivity contribution in [1.82, 2.24) is 4.90 Å². The lowest BCUT2D eigenvalue weighted by atomic mass is 10.0. The highest BCUT2D eigenvalue weighted by atomic mass is 16.5. The number of imide groups is 1. The Morgan fingerprint density at radius 2 is 1.50 bits per heavy atom. The van der Waals surface area contributed by atoms with E-state index in [0.717, 1.165) is 27.9 Å². The molecule has 5 nitrogen and oxygen atoms in total. The van der Waals surface area contributed by atoms with Crippen molar-refractivity contribution >= 4 is 23.1 Å². The standard InChI is InChI=1S/C27H26N2O3/c1-17-5-8-20(9-6-17)16-29-26(30)24(21-10-13-23(32-4)14-11-21)25(27(29)31)28-22-12-7-18(2)19(3)15-22/h5-15,28H,16H2,1-4H3. The van der Waals surface area contributed by atoms with Crippen LogP contribution in [0.3, 0.4) is 0 Å². The number of rotatable bonds is 6. The van der Waals surface area contributed by atoms with Crippen LogP contribution in [0, 0.1) is 20.8 Å². The number of carbonyl (C=O) groups excluding carboxylic acids is 2. The molecule has 162 valence electrons. The van der Waals surface area contributed by atoms with E-state index < -0.39 is 0 Å². The van der Waals surface area contributed by atoms with Crippen LogP contribution in [0.15, 0.2) is 72.4 Å². The maximum atomic E-state index is 13.4. The highest BCUT2D eigenvalue weighted by Gasteiger charge is 2.39. The molecule has 3 aromatic carbocycles. The lowest BCUT2D eigenvalue weighted by molar-refractivity contribution is -0.137. The molecule has 0 aliphatic carbocycles. The third-order valence-electron chi connectivity index (χ3n) is 5.78. The second-order valence-electron chi connectivity index (χ2n) is 8.08. The number of hydrogen-bond donors (Lipinski definition) is 1. The molecule has 0 radical (unpaired) electrons. The fourth-order valence-electron chi connectivity index (χ4n) is 3.70. The smallest absolute Gasteiger partial charge is 0.278 e. The lowest BCUT2D eigenvalue weighted by Gasteiger charge is -2.16. The fourth-order valence-corrected chi connectivity index (χ4v) is 3.70. The molecule has 4 rings (SSSR count). The number of nitrogens with zero attached hydrogens (tertiary/aromatic N) is 1. The summed E-state index contributed by atoms with van der Waals surface area (Å²) in [7, 11) is 1.59. The van der Waals surface area contributed by atoms with Crippen LogP contribution in [0.4, 0.5) is 5.69 Å². The Labute approximate surface area is 188 Å². The van der Waals surface area contributed by atoms with Crippen molar-refractivity contribution in [2.75, 3.05) is 12.4 Å². The first kappa shape index (κ1) is 21.4. The largest absolute Gasteiger partial charge is 0.497 e. The lowest BCUT2D eigenvalue weighted by Crippen LogP contribution is -2.32. The minimum Gasteiger partial charge on any atom is -0.497 e. The van der Waals surface area contributed by atoms with Gasteiger partial charge in [0.1, 0.15) is 11.4 Å². The van der Waals surface area contributed by atoms with Crippen molar-refractivity contribution in [2.24, 2.45) is 0 Å². The monoisotopic (exact) mass is 426 g/mol. The van der Waals surface area contributed by atoms with Gasteiger partial charge in [-0.15, -0.1) is 0 Å². The summed E-state index contributed by atoms with van der Waals surface area (Å²) in [6.07, 6.45) is 0. The normalized spacial score (nSPS) is 13.7. The van der Waals surface area contributed by atoms with Gasteiger partial charge in [-0.05, 0) is 67.3 Å². The average molecular weight is 427 g/mol. The van der Waals surface area contributed by atoms with Gasteiger partial charge in [0.25, 0.3) is 11.8 Å². The Bertz CT molecular complexity index is 1210. The molecular weight excluding hydrogens is 400 g/mol. The molecule has 1 heterocycles. The Morgan fingerprint density at radius 1 is 0.812 bits per heavy atom. The van der Waals surface area contributed by atoms with E-state index in [1.807, 2.05) is 63.2 Å². The predicted octanol–water partition coefficient (Wildman–Crippen LogP) is 5.01. The Hall–Kier alpha value is -3.86. The molecule has 3 aromatic rings. The number of nitrogens with one attached hydrogen (secondary N) is 1. The van der Waals surface area contributed by atoms with E-state index >= 15 is 0 Å².